The van der Waals surface area contributed by atoms with Gasteiger partial charge in [0.15, 0.2) is 0 Å². The first-order valence-electron chi connectivity index (χ1n) is 5.01. The molecule has 4 nitrogen and oxygen atoms in total. The molecule has 0 unspecified atom stereocenters. The van der Waals surface area contributed by atoms with E-state index in [1.807, 2.05) is 0 Å². The van der Waals surface area contributed by atoms with Crippen LogP contribution in [0.5, 0.6) is 0 Å². The number of rotatable bonds is 7. The van der Waals surface area contributed by atoms with Gasteiger partial charge in [-0.15, -0.1) is 0 Å². The van der Waals surface area contributed by atoms with E-state index in [1.165, 1.54) is 0 Å². The maximum absolute atomic E-state index is 11.1. The molecule has 0 aromatic carbocycles. The van der Waals surface area contributed by atoms with Crippen molar-refractivity contribution in [2.75, 3.05) is 13.2 Å². The fourth-order valence-electron chi connectivity index (χ4n) is 0.775. The molecule has 86 valence electrons. The molecular weight excluding hydrogens is 196 g/mol. The lowest BCUT2D eigenvalue weighted by atomic mass is 10.1. The highest BCUT2D eigenvalue weighted by atomic mass is 16.5. The molecular formula is C11H18O4. The van der Waals surface area contributed by atoms with Crippen LogP contribution in [0.4, 0.5) is 0 Å². The van der Waals surface area contributed by atoms with E-state index >= 15 is 0 Å². The first kappa shape index (κ1) is 13.7. The van der Waals surface area contributed by atoms with E-state index in [-0.39, 0.29) is 19.0 Å². The van der Waals surface area contributed by atoms with Crippen LogP contribution in [0.15, 0.2) is 12.7 Å². The van der Waals surface area contributed by atoms with Crippen LogP contribution in [0.1, 0.15) is 26.7 Å². The molecule has 0 saturated heterocycles. The molecule has 0 aliphatic carbocycles. The van der Waals surface area contributed by atoms with E-state index in [0.717, 1.165) is 12.5 Å². The average molecular weight is 214 g/mol. The lowest BCUT2D eigenvalue weighted by Crippen LogP contribution is -2.12. The molecule has 0 N–H and O–H groups in total. The van der Waals surface area contributed by atoms with Crippen LogP contribution in [-0.2, 0) is 19.1 Å². The largest absolute Gasteiger partial charge is 0.466 e. The van der Waals surface area contributed by atoms with Gasteiger partial charge in [0.05, 0.1) is 13.0 Å². The summed E-state index contributed by atoms with van der Waals surface area (Å²) in [6.45, 7) is 7.82. The van der Waals surface area contributed by atoms with Crippen molar-refractivity contribution in [1.29, 1.82) is 0 Å². The molecule has 0 aliphatic heterocycles. The number of hydrogen-bond acceptors (Lipinski definition) is 4. The van der Waals surface area contributed by atoms with Crippen LogP contribution in [0.3, 0.4) is 0 Å². The second-order valence-corrected chi connectivity index (χ2v) is 3.52. The lowest BCUT2D eigenvalue weighted by Gasteiger charge is -2.06. The van der Waals surface area contributed by atoms with Crippen molar-refractivity contribution in [1.82, 2.24) is 0 Å². The topological polar surface area (TPSA) is 52.6 Å². The van der Waals surface area contributed by atoms with Crippen LogP contribution < -0.4 is 0 Å². The molecule has 0 spiro atoms. The minimum Gasteiger partial charge on any atom is -0.466 e. The molecule has 0 bridgehead atoms. The number of esters is 2. The lowest BCUT2D eigenvalue weighted by molar-refractivity contribution is -0.147. The van der Waals surface area contributed by atoms with Crippen molar-refractivity contribution < 1.29 is 19.1 Å². The van der Waals surface area contributed by atoms with Crippen molar-refractivity contribution in [2.24, 2.45) is 5.92 Å². The molecule has 0 aromatic rings. The van der Waals surface area contributed by atoms with Gasteiger partial charge in [0, 0.05) is 6.08 Å². The third kappa shape index (κ3) is 9.00. The van der Waals surface area contributed by atoms with Crippen molar-refractivity contribution in [3.8, 4) is 0 Å². The van der Waals surface area contributed by atoms with E-state index in [4.69, 9.17) is 4.74 Å². The smallest absolute Gasteiger partial charge is 0.330 e. The van der Waals surface area contributed by atoms with Crippen molar-refractivity contribution in [3.63, 3.8) is 0 Å². The summed E-state index contributed by atoms with van der Waals surface area (Å²) < 4.78 is 9.54. The van der Waals surface area contributed by atoms with Crippen LogP contribution in [-0.4, -0.2) is 25.2 Å². The Morgan fingerprint density at radius 3 is 2.47 bits per heavy atom. The summed E-state index contributed by atoms with van der Waals surface area (Å²) in [5, 5.41) is 0. The summed E-state index contributed by atoms with van der Waals surface area (Å²) in [4.78, 5) is 21.7. The van der Waals surface area contributed by atoms with Gasteiger partial charge < -0.3 is 9.47 Å². The van der Waals surface area contributed by atoms with Crippen molar-refractivity contribution in [3.05, 3.63) is 12.7 Å². The van der Waals surface area contributed by atoms with Gasteiger partial charge in [-0.05, 0) is 12.3 Å². The van der Waals surface area contributed by atoms with Crippen LogP contribution in [0.2, 0.25) is 0 Å². The van der Waals surface area contributed by atoms with Gasteiger partial charge in [0.25, 0.3) is 0 Å². The van der Waals surface area contributed by atoms with Crippen LogP contribution in [0.25, 0.3) is 0 Å². The van der Waals surface area contributed by atoms with Crippen molar-refractivity contribution >= 4 is 11.9 Å². The monoisotopic (exact) mass is 214 g/mol. The molecule has 0 atom stereocenters. The highest BCUT2D eigenvalue weighted by Crippen LogP contribution is 2.00. The number of ether oxygens (including phenoxy) is 2. The predicted octanol–water partition coefficient (Wildman–Crippen LogP) is 1.70. The first-order valence-corrected chi connectivity index (χ1v) is 5.01. The molecule has 0 radical (unpaired) electrons. The number of hydrogen-bond donors (Lipinski definition) is 0. The van der Waals surface area contributed by atoms with E-state index in [9.17, 15) is 9.59 Å². The molecule has 0 amide bonds. The zero-order valence-electron chi connectivity index (χ0n) is 9.32. The Balaban J connectivity index is 3.41. The Morgan fingerprint density at radius 1 is 1.27 bits per heavy atom. The molecule has 0 saturated carbocycles. The highest BCUT2D eigenvalue weighted by molar-refractivity contribution is 5.81. The Kier molecular flexibility index (Phi) is 7.32. The van der Waals surface area contributed by atoms with E-state index in [1.54, 1.807) is 0 Å². The third-order valence-electron chi connectivity index (χ3n) is 1.68. The standard InChI is InChI=1S/C11H18O4/c1-4-10(12)14-8-6-11(13)15-7-5-9(2)3/h4,9H,1,5-8H2,2-3H3. The highest BCUT2D eigenvalue weighted by Gasteiger charge is 2.04. The second-order valence-electron chi connectivity index (χ2n) is 3.52. The summed E-state index contributed by atoms with van der Waals surface area (Å²) in [6, 6.07) is 0. The summed E-state index contributed by atoms with van der Waals surface area (Å²) in [7, 11) is 0. The van der Waals surface area contributed by atoms with Gasteiger partial charge in [-0.3, -0.25) is 4.79 Å². The maximum atomic E-state index is 11.1. The number of carbonyl (C=O) groups excluding carboxylic acids is 2. The Morgan fingerprint density at radius 2 is 1.93 bits per heavy atom. The quantitative estimate of drug-likeness (QED) is 0.478. The van der Waals surface area contributed by atoms with Crippen LogP contribution >= 0.6 is 0 Å². The fraction of sp³-hybridized carbons (Fsp3) is 0.636. The Labute approximate surface area is 90.2 Å². The Bertz CT molecular complexity index is 221. The minimum atomic E-state index is -0.523. The SMILES string of the molecule is C=CC(=O)OCCC(=O)OCCC(C)C. The predicted molar refractivity (Wildman–Crippen MR) is 56.2 cm³/mol. The summed E-state index contributed by atoms with van der Waals surface area (Å²) in [5.74, 6) is -0.353. The molecule has 0 rings (SSSR count). The minimum absolute atomic E-state index is 0.0470. The van der Waals surface area contributed by atoms with Gasteiger partial charge in [0.2, 0.25) is 0 Å². The van der Waals surface area contributed by atoms with Gasteiger partial charge in [-0.1, -0.05) is 20.4 Å². The van der Waals surface area contributed by atoms with E-state index in [2.05, 4.69) is 25.2 Å². The van der Waals surface area contributed by atoms with Gasteiger partial charge in [0.1, 0.15) is 6.61 Å². The molecule has 0 aromatic heterocycles. The molecule has 0 fully saturated rings. The maximum Gasteiger partial charge on any atom is 0.330 e. The molecule has 4 heteroatoms. The molecule has 15 heavy (non-hydrogen) atoms. The normalized spacial score (nSPS) is 9.80. The Hall–Kier alpha value is -1.32. The van der Waals surface area contributed by atoms with Gasteiger partial charge >= 0.3 is 11.9 Å². The summed E-state index contributed by atoms with van der Waals surface area (Å²) >= 11 is 0. The van der Waals surface area contributed by atoms with Crippen LogP contribution in [0, 0.1) is 5.92 Å². The average Bonchev–Trinajstić information content (AvgIpc) is 2.17. The molecule has 0 heterocycles. The first-order chi connectivity index (χ1) is 7.06. The zero-order chi connectivity index (χ0) is 11.7. The second kappa shape index (κ2) is 8.03. The van der Waals surface area contributed by atoms with Gasteiger partial charge in [-0.25, -0.2) is 4.79 Å². The molecule has 0 aliphatic rings. The van der Waals surface area contributed by atoms with E-state index in [0.29, 0.717) is 12.5 Å². The third-order valence-corrected chi connectivity index (χ3v) is 1.68. The zero-order valence-corrected chi connectivity index (χ0v) is 9.32. The van der Waals surface area contributed by atoms with Gasteiger partial charge in [-0.2, -0.15) is 0 Å². The summed E-state index contributed by atoms with van der Waals surface area (Å²) in [6.07, 6.45) is 2.00. The van der Waals surface area contributed by atoms with E-state index < -0.39 is 5.97 Å². The fourth-order valence-corrected chi connectivity index (χ4v) is 0.775. The number of carbonyl (C=O) groups is 2. The van der Waals surface area contributed by atoms with Crippen molar-refractivity contribution in [2.45, 2.75) is 26.7 Å². The summed E-state index contributed by atoms with van der Waals surface area (Å²) in [5.41, 5.74) is 0.